The molecule has 0 saturated heterocycles. The molecule has 0 amide bonds. The van der Waals surface area contributed by atoms with Crippen molar-refractivity contribution in [2.24, 2.45) is 0 Å². The number of benzene rings is 1. The topological polar surface area (TPSA) is 35.8 Å². The highest BCUT2D eigenvalue weighted by Gasteiger charge is 2.07. The van der Waals surface area contributed by atoms with E-state index in [-0.39, 0.29) is 6.04 Å². The molecule has 2 heteroatoms. The van der Waals surface area contributed by atoms with E-state index >= 15 is 0 Å². The number of aryl methyl sites for hydroxylation is 1. The van der Waals surface area contributed by atoms with E-state index in [4.69, 9.17) is 5.26 Å². The Morgan fingerprint density at radius 3 is 2.69 bits per heavy atom. The van der Waals surface area contributed by atoms with Crippen LogP contribution in [0.2, 0.25) is 0 Å². The first-order valence-electron chi connectivity index (χ1n) is 5.99. The molecule has 16 heavy (non-hydrogen) atoms. The number of hydrogen-bond acceptors (Lipinski definition) is 2. The average molecular weight is 216 g/mol. The maximum Gasteiger partial charge on any atom is 0.114 e. The SMILES string of the molecule is CCCCCC(C#N)Nc1ccccc1C. The van der Waals surface area contributed by atoms with E-state index in [1.165, 1.54) is 18.4 Å². The van der Waals surface area contributed by atoms with E-state index in [9.17, 15) is 0 Å². The fourth-order valence-electron chi connectivity index (χ4n) is 1.69. The van der Waals surface area contributed by atoms with Crippen molar-refractivity contribution in [3.63, 3.8) is 0 Å². The Labute approximate surface area is 98.3 Å². The second-order valence-electron chi connectivity index (χ2n) is 4.14. The van der Waals surface area contributed by atoms with Gasteiger partial charge in [-0.05, 0) is 25.0 Å². The summed E-state index contributed by atoms with van der Waals surface area (Å²) in [5, 5.41) is 12.4. The van der Waals surface area contributed by atoms with Crippen LogP contribution >= 0.6 is 0 Å². The van der Waals surface area contributed by atoms with Crippen LogP contribution in [-0.4, -0.2) is 6.04 Å². The van der Waals surface area contributed by atoms with Gasteiger partial charge in [-0.15, -0.1) is 0 Å². The molecule has 1 aromatic rings. The van der Waals surface area contributed by atoms with Crippen LogP contribution < -0.4 is 5.32 Å². The first-order valence-corrected chi connectivity index (χ1v) is 5.99. The van der Waals surface area contributed by atoms with Crippen LogP contribution in [0.25, 0.3) is 0 Å². The Kier molecular flexibility index (Phi) is 5.42. The van der Waals surface area contributed by atoms with Crippen molar-refractivity contribution in [2.75, 3.05) is 5.32 Å². The summed E-state index contributed by atoms with van der Waals surface area (Å²) < 4.78 is 0. The lowest BCUT2D eigenvalue weighted by atomic mass is 10.1. The first-order chi connectivity index (χ1) is 7.77. The molecule has 1 atom stereocenters. The maximum absolute atomic E-state index is 9.07. The van der Waals surface area contributed by atoms with Crippen molar-refractivity contribution in [3.05, 3.63) is 29.8 Å². The standard InChI is InChI=1S/C14H20N2/c1-3-4-5-9-13(11-15)16-14-10-7-6-8-12(14)2/h6-8,10,13,16H,3-5,9H2,1-2H3. The molecule has 86 valence electrons. The lowest BCUT2D eigenvalue weighted by molar-refractivity contribution is 0.646. The quantitative estimate of drug-likeness (QED) is 0.732. The third kappa shape index (κ3) is 3.94. The first kappa shape index (κ1) is 12.6. The Hall–Kier alpha value is -1.49. The predicted octanol–water partition coefficient (Wildman–Crippen LogP) is 3.88. The summed E-state index contributed by atoms with van der Waals surface area (Å²) in [6, 6.07) is 10.4. The second-order valence-corrected chi connectivity index (χ2v) is 4.14. The summed E-state index contributed by atoms with van der Waals surface area (Å²) in [5.41, 5.74) is 2.27. The Balaban J connectivity index is 2.51. The highest BCUT2D eigenvalue weighted by atomic mass is 14.9. The second kappa shape index (κ2) is 6.90. The normalized spacial score (nSPS) is 11.8. The zero-order valence-electron chi connectivity index (χ0n) is 10.2. The molecule has 2 nitrogen and oxygen atoms in total. The van der Waals surface area contributed by atoms with Crippen molar-refractivity contribution < 1.29 is 0 Å². The largest absolute Gasteiger partial charge is 0.370 e. The molecule has 1 rings (SSSR count). The summed E-state index contributed by atoms with van der Waals surface area (Å²) in [6.45, 7) is 4.24. The number of para-hydroxylation sites is 1. The fraction of sp³-hybridized carbons (Fsp3) is 0.500. The molecule has 0 saturated carbocycles. The number of rotatable bonds is 6. The molecular formula is C14H20N2. The molecule has 0 aliphatic heterocycles. The fourth-order valence-corrected chi connectivity index (χ4v) is 1.69. The monoisotopic (exact) mass is 216 g/mol. The molecule has 1 N–H and O–H groups in total. The average Bonchev–Trinajstić information content (AvgIpc) is 2.30. The zero-order valence-corrected chi connectivity index (χ0v) is 10.2. The van der Waals surface area contributed by atoms with Crippen molar-refractivity contribution in [3.8, 4) is 6.07 Å². The molecule has 0 heterocycles. The summed E-state index contributed by atoms with van der Waals surface area (Å²) >= 11 is 0. The van der Waals surface area contributed by atoms with Gasteiger partial charge in [0.25, 0.3) is 0 Å². The van der Waals surface area contributed by atoms with Crippen molar-refractivity contribution >= 4 is 5.69 Å². The zero-order chi connectivity index (χ0) is 11.8. The summed E-state index contributed by atoms with van der Waals surface area (Å²) in [7, 11) is 0. The lowest BCUT2D eigenvalue weighted by Gasteiger charge is -2.14. The molecule has 0 aliphatic rings. The minimum atomic E-state index is -0.0624. The minimum Gasteiger partial charge on any atom is -0.370 e. The molecule has 0 radical (unpaired) electrons. The van der Waals surface area contributed by atoms with E-state index in [1.807, 2.05) is 18.2 Å². The number of unbranched alkanes of at least 4 members (excludes halogenated alkanes) is 2. The van der Waals surface area contributed by atoms with Crippen LogP contribution in [0.1, 0.15) is 38.2 Å². The van der Waals surface area contributed by atoms with Gasteiger partial charge in [-0.3, -0.25) is 0 Å². The number of nitrogens with one attached hydrogen (secondary N) is 1. The van der Waals surface area contributed by atoms with E-state index < -0.39 is 0 Å². The van der Waals surface area contributed by atoms with Crippen molar-refractivity contribution in [1.29, 1.82) is 5.26 Å². The van der Waals surface area contributed by atoms with Gasteiger partial charge in [0.15, 0.2) is 0 Å². The van der Waals surface area contributed by atoms with E-state index in [0.29, 0.717) is 0 Å². The lowest BCUT2D eigenvalue weighted by Crippen LogP contribution is -2.17. The van der Waals surface area contributed by atoms with Gasteiger partial charge in [-0.25, -0.2) is 0 Å². The highest BCUT2D eigenvalue weighted by molar-refractivity contribution is 5.51. The third-order valence-electron chi connectivity index (χ3n) is 2.73. The van der Waals surface area contributed by atoms with Crippen molar-refractivity contribution in [2.45, 2.75) is 45.6 Å². The van der Waals surface area contributed by atoms with Gasteiger partial charge in [-0.2, -0.15) is 5.26 Å². The van der Waals surface area contributed by atoms with Crippen LogP contribution in [0.3, 0.4) is 0 Å². The van der Waals surface area contributed by atoms with Crippen LogP contribution in [0.15, 0.2) is 24.3 Å². The molecule has 0 fully saturated rings. The molecule has 1 unspecified atom stereocenters. The van der Waals surface area contributed by atoms with Gasteiger partial charge in [0.1, 0.15) is 6.04 Å². The summed E-state index contributed by atoms with van der Waals surface area (Å²) in [4.78, 5) is 0. The number of anilines is 1. The van der Waals surface area contributed by atoms with Crippen LogP contribution in [0.4, 0.5) is 5.69 Å². The Morgan fingerprint density at radius 2 is 2.06 bits per heavy atom. The molecular weight excluding hydrogens is 196 g/mol. The van der Waals surface area contributed by atoms with Crippen LogP contribution in [-0.2, 0) is 0 Å². The minimum absolute atomic E-state index is 0.0624. The third-order valence-corrected chi connectivity index (χ3v) is 2.73. The van der Waals surface area contributed by atoms with Gasteiger partial charge in [-0.1, -0.05) is 44.4 Å². The molecule has 0 aromatic heterocycles. The summed E-state index contributed by atoms with van der Waals surface area (Å²) in [6.07, 6.45) is 4.45. The number of nitrogens with zero attached hydrogens (tertiary/aromatic N) is 1. The highest BCUT2D eigenvalue weighted by Crippen LogP contribution is 2.16. The van der Waals surface area contributed by atoms with Gasteiger partial charge in [0.2, 0.25) is 0 Å². The Morgan fingerprint density at radius 1 is 1.31 bits per heavy atom. The van der Waals surface area contributed by atoms with E-state index in [2.05, 4.69) is 31.3 Å². The van der Waals surface area contributed by atoms with Crippen molar-refractivity contribution in [1.82, 2.24) is 0 Å². The Bertz CT molecular complexity index is 352. The molecule has 0 spiro atoms. The maximum atomic E-state index is 9.07. The molecule has 0 bridgehead atoms. The van der Waals surface area contributed by atoms with E-state index in [0.717, 1.165) is 18.5 Å². The van der Waals surface area contributed by atoms with Gasteiger partial charge >= 0.3 is 0 Å². The van der Waals surface area contributed by atoms with Crippen LogP contribution in [0, 0.1) is 18.3 Å². The van der Waals surface area contributed by atoms with E-state index in [1.54, 1.807) is 0 Å². The smallest absolute Gasteiger partial charge is 0.114 e. The van der Waals surface area contributed by atoms with Gasteiger partial charge in [0, 0.05) is 5.69 Å². The molecule has 0 aliphatic carbocycles. The predicted molar refractivity (Wildman–Crippen MR) is 68.3 cm³/mol. The number of nitriles is 1. The van der Waals surface area contributed by atoms with Gasteiger partial charge < -0.3 is 5.32 Å². The number of hydrogen-bond donors (Lipinski definition) is 1. The van der Waals surface area contributed by atoms with Crippen LogP contribution in [0.5, 0.6) is 0 Å². The molecule has 1 aromatic carbocycles. The van der Waals surface area contributed by atoms with Gasteiger partial charge in [0.05, 0.1) is 6.07 Å². The summed E-state index contributed by atoms with van der Waals surface area (Å²) in [5.74, 6) is 0.